The first-order chi connectivity index (χ1) is 7.54. The standard InChI is InChI=1S/C14H19NO/c1-4-13(11(3)16)8-12-6-5-7-14(9-12)10(2)15/h5-7,9,13,15H,4,8H2,1-3H3/t13-/m0/s1. The molecule has 86 valence electrons. The Bertz CT molecular complexity index is 395. The van der Waals surface area contributed by atoms with Crippen LogP contribution in [0.5, 0.6) is 0 Å². The van der Waals surface area contributed by atoms with Crippen LogP contribution in [0, 0.1) is 11.3 Å². The summed E-state index contributed by atoms with van der Waals surface area (Å²) in [7, 11) is 0. The largest absolute Gasteiger partial charge is 0.305 e. The Kier molecular flexibility index (Phi) is 4.41. The summed E-state index contributed by atoms with van der Waals surface area (Å²) in [6.45, 7) is 5.47. The van der Waals surface area contributed by atoms with Gasteiger partial charge in [-0.15, -0.1) is 0 Å². The Morgan fingerprint density at radius 3 is 2.56 bits per heavy atom. The Morgan fingerprint density at radius 2 is 2.06 bits per heavy atom. The molecule has 0 unspecified atom stereocenters. The van der Waals surface area contributed by atoms with Crippen LogP contribution in [0.4, 0.5) is 0 Å². The lowest BCUT2D eigenvalue weighted by atomic mass is 9.92. The van der Waals surface area contributed by atoms with Gasteiger partial charge in [0.25, 0.3) is 0 Å². The van der Waals surface area contributed by atoms with Gasteiger partial charge in [-0.3, -0.25) is 4.79 Å². The van der Waals surface area contributed by atoms with E-state index in [4.69, 9.17) is 5.41 Å². The quantitative estimate of drug-likeness (QED) is 0.756. The van der Waals surface area contributed by atoms with Gasteiger partial charge in [0.1, 0.15) is 5.78 Å². The Balaban J connectivity index is 2.84. The minimum absolute atomic E-state index is 0.112. The molecule has 16 heavy (non-hydrogen) atoms. The third-order valence-electron chi connectivity index (χ3n) is 2.91. The molecule has 0 aliphatic carbocycles. The van der Waals surface area contributed by atoms with Crippen molar-refractivity contribution in [3.8, 4) is 0 Å². The zero-order valence-electron chi connectivity index (χ0n) is 10.2. The van der Waals surface area contributed by atoms with Gasteiger partial charge in [0.15, 0.2) is 0 Å². The molecule has 0 aromatic heterocycles. The molecule has 1 aromatic carbocycles. The van der Waals surface area contributed by atoms with Crippen LogP contribution in [0.3, 0.4) is 0 Å². The number of nitrogens with one attached hydrogen (secondary N) is 1. The van der Waals surface area contributed by atoms with Crippen molar-refractivity contribution in [1.82, 2.24) is 0 Å². The molecule has 0 aliphatic rings. The number of carbonyl (C=O) groups is 1. The first-order valence-corrected chi connectivity index (χ1v) is 5.69. The summed E-state index contributed by atoms with van der Waals surface area (Å²) in [6.07, 6.45) is 1.66. The van der Waals surface area contributed by atoms with Crippen LogP contribution in [0.2, 0.25) is 0 Å². The van der Waals surface area contributed by atoms with E-state index in [1.807, 2.05) is 31.2 Å². The monoisotopic (exact) mass is 217 g/mol. The van der Waals surface area contributed by atoms with Gasteiger partial charge >= 0.3 is 0 Å². The van der Waals surface area contributed by atoms with Gasteiger partial charge in [-0.1, -0.05) is 25.1 Å². The van der Waals surface area contributed by atoms with Gasteiger partial charge in [-0.05, 0) is 43.9 Å². The minimum Gasteiger partial charge on any atom is -0.305 e. The summed E-state index contributed by atoms with van der Waals surface area (Å²) < 4.78 is 0. The third kappa shape index (κ3) is 3.30. The molecule has 1 N–H and O–H groups in total. The second-order valence-corrected chi connectivity index (χ2v) is 4.25. The first-order valence-electron chi connectivity index (χ1n) is 5.69. The summed E-state index contributed by atoms with van der Waals surface area (Å²) in [6, 6.07) is 7.92. The predicted octanol–water partition coefficient (Wildman–Crippen LogP) is 3.23. The third-order valence-corrected chi connectivity index (χ3v) is 2.91. The number of benzene rings is 1. The number of hydrogen-bond acceptors (Lipinski definition) is 2. The highest BCUT2D eigenvalue weighted by Crippen LogP contribution is 2.15. The normalized spacial score (nSPS) is 12.2. The highest BCUT2D eigenvalue weighted by atomic mass is 16.1. The van der Waals surface area contributed by atoms with Gasteiger partial charge in [0.2, 0.25) is 0 Å². The van der Waals surface area contributed by atoms with Gasteiger partial charge in [-0.25, -0.2) is 0 Å². The molecule has 0 amide bonds. The molecule has 0 aliphatic heterocycles. The van der Waals surface area contributed by atoms with Crippen molar-refractivity contribution in [3.63, 3.8) is 0 Å². The molecule has 2 heteroatoms. The van der Waals surface area contributed by atoms with E-state index in [0.29, 0.717) is 5.71 Å². The molecule has 0 fully saturated rings. The molecule has 1 rings (SSSR count). The average molecular weight is 217 g/mol. The maximum Gasteiger partial charge on any atom is 0.133 e. The average Bonchev–Trinajstić information content (AvgIpc) is 2.25. The summed E-state index contributed by atoms with van der Waals surface area (Å²) in [5, 5.41) is 7.58. The molecule has 0 bridgehead atoms. The summed E-state index contributed by atoms with van der Waals surface area (Å²) in [5.74, 6) is 0.362. The van der Waals surface area contributed by atoms with Gasteiger partial charge in [-0.2, -0.15) is 0 Å². The number of hydrogen-bond donors (Lipinski definition) is 1. The fourth-order valence-corrected chi connectivity index (χ4v) is 1.79. The second-order valence-electron chi connectivity index (χ2n) is 4.25. The lowest BCUT2D eigenvalue weighted by molar-refractivity contribution is -0.120. The molecular weight excluding hydrogens is 198 g/mol. The van der Waals surface area contributed by atoms with Crippen LogP contribution in [-0.2, 0) is 11.2 Å². The van der Waals surface area contributed by atoms with Crippen molar-refractivity contribution < 1.29 is 4.79 Å². The number of rotatable bonds is 5. The molecule has 1 aromatic rings. The zero-order valence-corrected chi connectivity index (χ0v) is 10.2. The van der Waals surface area contributed by atoms with E-state index in [2.05, 4.69) is 0 Å². The van der Waals surface area contributed by atoms with Gasteiger partial charge < -0.3 is 5.41 Å². The zero-order chi connectivity index (χ0) is 12.1. The number of Topliss-reactive ketones (excluding diaryl/α,β-unsaturated/α-hetero) is 1. The van der Waals surface area contributed by atoms with E-state index in [-0.39, 0.29) is 11.7 Å². The Morgan fingerprint density at radius 1 is 1.38 bits per heavy atom. The van der Waals surface area contributed by atoms with E-state index < -0.39 is 0 Å². The molecule has 0 radical (unpaired) electrons. The predicted molar refractivity (Wildman–Crippen MR) is 67.1 cm³/mol. The van der Waals surface area contributed by atoms with Gasteiger partial charge in [0, 0.05) is 11.6 Å². The van der Waals surface area contributed by atoms with Crippen LogP contribution >= 0.6 is 0 Å². The molecule has 0 saturated heterocycles. The van der Waals surface area contributed by atoms with E-state index in [0.717, 1.165) is 24.0 Å². The van der Waals surface area contributed by atoms with Crippen molar-refractivity contribution in [3.05, 3.63) is 35.4 Å². The summed E-state index contributed by atoms with van der Waals surface area (Å²) >= 11 is 0. The molecular formula is C14H19NO. The van der Waals surface area contributed by atoms with Crippen molar-refractivity contribution in [2.24, 2.45) is 5.92 Å². The molecule has 0 heterocycles. The van der Waals surface area contributed by atoms with Gasteiger partial charge in [0.05, 0.1) is 0 Å². The van der Waals surface area contributed by atoms with Crippen LogP contribution < -0.4 is 0 Å². The molecule has 2 nitrogen and oxygen atoms in total. The van der Waals surface area contributed by atoms with E-state index in [1.54, 1.807) is 13.8 Å². The molecule has 1 atom stereocenters. The summed E-state index contributed by atoms with van der Waals surface area (Å²) in [4.78, 5) is 11.4. The Labute approximate surface area is 97.2 Å². The lowest BCUT2D eigenvalue weighted by Gasteiger charge is -2.11. The highest BCUT2D eigenvalue weighted by molar-refractivity contribution is 5.96. The van der Waals surface area contributed by atoms with Crippen LogP contribution in [0.25, 0.3) is 0 Å². The van der Waals surface area contributed by atoms with E-state index in [9.17, 15) is 4.79 Å². The fourth-order valence-electron chi connectivity index (χ4n) is 1.79. The van der Waals surface area contributed by atoms with Crippen LogP contribution in [0.1, 0.15) is 38.3 Å². The molecule has 0 spiro atoms. The maximum atomic E-state index is 11.4. The van der Waals surface area contributed by atoms with Crippen LogP contribution in [-0.4, -0.2) is 11.5 Å². The Hall–Kier alpha value is -1.44. The SMILES string of the molecule is CC[C@@H](Cc1cccc(C(C)=N)c1)C(C)=O. The lowest BCUT2D eigenvalue weighted by Crippen LogP contribution is -2.13. The van der Waals surface area contributed by atoms with Crippen molar-refractivity contribution >= 4 is 11.5 Å². The van der Waals surface area contributed by atoms with E-state index >= 15 is 0 Å². The maximum absolute atomic E-state index is 11.4. The minimum atomic E-state index is 0.112. The number of carbonyl (C=O) groups excluding carboxylic acids is 1. The number of ketones is 1. The van der Waals surface area contributed by atoms with Crippen molar-refractivity contribution in [2.45, 2.75) is 33.6 Å². The first kappa shape index (κ1) is 12.6. The van der Waals surface area contributed by atoms with Crippen LogP contribution in [0.15, 0.2) is 24.3 Å². The van der Waals surface area contributed by atoms with Crippen molar-refractivity contribution in [1.29, 1.82) is 5.41 Å². The van der Waals surface area contributed by atoms with E-state index in [1.165, 1.54) is 0 Å². The summed E-state index contributed by atoms with van der Waals surface area (Å²) in [5.41, 5.74) is 2.65. The topological polar surface area (TPSA) is 40.9 Å². The molecule has 0 saturated carbocycles. The fraction of sp³-hybridized carbons (Fsp3) is 0.429. The highest BCUT2D eigenvalue weighted by Gasteiger charge is 2.12. The second kappa shape index (κ2) is 5.59. The smallest absolute Gasteiger partial charge is 0.133 e. The van der Waals surface area contributed by atoms with Crippen molar-refractivity contribution in [2.75, 3.05) is 0 Å².